The first kappa shape index (κ1) is 12.2. The Bertz CT molecular complexity index is 430. The van der Waals surface area contributed by atoms with Gasteiger partial charge in [-0.2, -0.15) is 0 Å². The monoisotopic (exact) mass is 255 g/mol. The van der Waals surface area contributed by atoms with Crippen LogP contribution in [-0.4, -0.2) is 19.0 Å². The molecule has 0 spiro atoms. The molecule has 2 rings (SSSR count). The van der Waals surface area contributed by atoms with Crippen molar-refractivity contribution in [1.29, 1.82) is 0 Å². The van der Waals surface area contributed by atoms with Gasteiger partial charge < -0.3 is 10.6 Å². The highest BCUT2D eigenvalue weighted by Gasteiger charge is 2.21. The lowest BCUT2D eigenvalue weighted by atomic mass is 10.2. The van der Waals surface area contributed by atoms with Crippen LogP contribution < -0.4 is 10.6 Å². The van der Waals surface area contributed by atoms with E-state index in [1.165, 1.54) is 18.9 Å². The van der Waals surface area contributed by atoms with Gasteiger partial charge in [-0.05, 0) is 30.5 Å². The molecule has 1 aliphatic carbocycles. The van der Waals surface area contributed by atoms with E-state index in [0.717, 1.165) is 11.5 Å². The molecule has 1 aromatic carbocycles. The van der Waals surface area contributed by atoms with Crippen LogP contribution >= 0.6 is 11.6 Å². The van der Waals surface area contributed by atoms with Crippen LogP contribution in [0.15, 0.2) is 23.2 Å². The molecule has 1 aromatic rings. The number of hydrogen-bond acceptors (Lipinski definition) is 1. The first-order chi connectivity index (χ1) is 8.19. The highest BCUT2D eigenvalue weighted by Crippen LogP contribution is 2.18. The number of aliphatic imine (C=N–C) groups is 1. The lowest BCUT2D eigenvalue weighted by Gasteiger charge is -2.11. The summed E-state index contributed by atoms with van der Waals surface area (Å²) in [5.74, 6) is 0.379. The molecule has 0 radical (unpaired) electrons. The summed E-state index contributed by atoms with van der Waals surface area (Å²) in [6, 6.07) is 5.25. The predicted octanol–water partition coefficient (Wildman–Crippen LogP) is 2.31. The SMILES string of the molecule is CN=C(NCc1ccc(F)c(Cl)c1)NC1CC1. The summed E-state index contributed by atoms with van der Waals surface area (Å²) in [6.07, 6.45) is 2.39. The standard InChI is InChI=1S/C12H15ClFN3/c1-15-12(17-9-3-4-9)16-7-8-2-5-11(14)10(13)6-8/h2,5-6,9H,3-4,7H2,1H3,(H2,15,16,17). The van der Waals surface area contributed by atoms with Crippen molar-refractivity contribution in [3.63, 3.8) is 0 Å². The van der Waals surface area contributed by atoms with Crippen molar-refractivity contribution in [3.05, 3.63) is 34.6 Å². The Kier molecular flexibility index (Phi) is 3.84. The Labute approximate surface area is 105 Å². The Morgan fingerprint density at radius 3 is 2.88 bits per heavy atom. The molecule has 0 unspecified atom stereocenters. The summed E-state index contributed by atoms with van der Waals surface area (Å²) < 4.78 is 13.0. The Morgan fingerprint density at radius 2 is 2.29 bits per heavy atom. The normalized spacial score (nSPS) is 15.8. The summed E-state index contributed by atoms with van der Waals surface area (Å²) in [7, 11) is 1.73. The molecular weight excluding hydrogens is 241 g/mol. The molecule has 92 valence electrons. The first-order valence-electron chi connectivity index (χ1n) is 5.60. The number of guanidine groups is 1. The van der Waals surface area contributed by atoms with Crippen molar-refractivity contribution < 1.29 is 4.39 Å². The van der Waals surface area contributed by atoms with Crippen LogP contribution in [0.4, 0.5) is 4.39 Å². The van der Waals surface area contributed by atoms with E-state index in [1.54, 1.807) is 19.2 Å². The molecule has 0 aliphatic heterocycles. The van der Waals surface area contributed by atoms with Crippen LogP contribution in [0.5, 0.6) is 0 Å². The lowest BCUT2D eigenvalue weighted by Crippen LogP contribution is -2.38. The number of rotatable bonds is 3. The van der Waals surface area contributed by atoms with Crippen molar-refractivity contribution in [3.8, 4) is 0 Å². The maximum atomic E-state index is 13.0. The summed E-state index contributed by atoms with van der Waals surface area (Å²) in [6.45, 7) is 0.576. The first-order valence-corrected chi connectivity index (χ1v) is 5.98. The second kappa shape index (κ2) is 5.36. The average Bonchev–Trinajstić information content (AvgIpc) is 3.12. The van der Waals surface area contributed by atoms with E-state index in [4.69, 9.17) is 11.6 Å². The van der Waals surface area contributed by atoms with Gasteiger partial charge in [0.2, 0.25) is 0 Å². The largest absolute Gasteiger partial charge is 0.354 e. The van der Waals surface area contributed by atoms with Crippen LogP contribution in [0.3, 0.4) is 0 Å². The van der Waals surface area contributed by atoms with E-state index < -0.39 is 5.82 Å². The third-order valence-electron chi connectivity index (χ3n) is 2.59. The fourth-order valence-electron chi connectivity index (χ4n) is 1.45. The van der Waals surface area contributed by atoms with E-state index in [0.29, 0.717) is 12.6 Å². The quantitative estimate of drug-likeness (QED) is 0.642. The zero-order chi connectivity index (χ0) is 12.3. The molecule has 0 saturated heterocycles. The molecular formula is C12H15ClFN3. The highest BCUT2D eigenvalue weighted by atomic mass is 35.5. The molecule has 1 saturated carbocycles. The van der Waals surface area contributed by atoms with Gasteiger partial charge in [-0.1, -0.05) is 17.7 Å². The van der Waals surface area contributed by atoms with E-state index in [-0.39, 0.29) is 5.02 Å². The maximum Gasteiger partial charge on any atom is 0.191 e. The van der Waals surface area contributed by atoms with Crippen LogP contribution in [0.2, 0.25) is 5.02 Å². The summed E-state index contributed by atoms with van der Waals surface area (Å²) in [5.41, 5.74) is 0.926. The smallest absolute Gasteiger partial charge is 0.191 e. The zero-order valence-electron chi connectivity index (χ0n) is 9.63. The van der Waals surface area contributed by atoms with Crippen molar-refractivity contribution in [2.24, 2.45) is 4.99 Å². The molecule has 2 N–H and O–H groups in total. The topological polar surface area (TPSA) is 36.4 Å². The summed E-state index contributed by atoms with van der Waals surface area (Å²) in [4.78, 5) is 4.11. The van der Waals surface area contributed by atoms with Gasteiger partial charge in [-0.25, -0.2) is 4.39 Å². The van der Waals surface area contributed by atoms with Crippen LogP contribution in [0.1, 0.15) is 18.4 Å². The van der Waals surface area contributed by atoms with Crippen molar-refractivity contribution in [1.82, 2.24) is 10.6 Å². The molecule has 0 atom stereocenters. The summed E-state index contributed by atoms with van der Waals surface area (Å²) >= 11 is 5.71. The van der Waals surface area contributed by atoms with Crippen LogP contribution in [0.25, 0.3) is 0 Å². The molecule has 0 amide bonds. The number of benzene rings is 1. The number of halogens is 2. The van der Waals surface area contributed by atoms with Gasteiger partial charge in [0.15, 0.2) is 5.96 Å². The number of hydrogen-bond donors (Lipinski definition) is 2. The fourth-order valence-corrected chi connectivity index (χ4v) is 1.65. The number of nitrogens with zero attached hydrogens (tertiary/aromatic N) is 1. The molecule has 0 aromatic heterocycles. The predicted molar refractivity (Wildman–Crippen MR) is 67.8 cm³/mol. The van der Waals surface area contributed by atoms with Gasteiger partial charge in [-0.3, -0.25) is 4.99 Å². The van der Waals surface area contributed by atoms with E-state index in [1.807, 2.05) is 0 Å². The third kappa shape index (κ3) is 3.60. The van der Waals surface area contributed by atoms with Crippen molar-refractivity contribution in [2.75, 3.05) is 7.05 Å². The minimum atomic E-state index is -0.393. The van der Waals surface area contributed by atoms with Crippen LogP contribution in [0, 0.1) is 5.82 Å². The van der Waals surface area contributed by atoms with Gasteiger partial charge >= 0.3 is 0 Å². The fraction of sp³-hybridized carbons (Fsp3) is 0.417. The Hall–Kier alpha value is -1.29. The molecule has 5 heteroatoms. The van der Waals surface area contributed by atoms with Gasteiger partial charge in [0.1, 0.15) is 5.82 Å². The second-order valence-corrected chi connectivity index (χ2v) is 4.50. The molecule has 1 fully saturated rings. The molecule has 1 aliphatic rings. The van der Waals surface area contributed by atoms with Crippen molar-refractivity contribution in [2.45, 2.75) is 25.4 Å². The Balaban J connectivity index is 1.89. The van der Waals surface area contributed by atoms with Gasteiger partial charge in [0.05, 0.1) is 5.02 Å². The molecule has 0 heterocycles. The van der Waals surface area contributed by atoms with Gasteiger partial charge in [0, 0.05) is 19.6 Å². The van der Waals surface area contributed by atoms with E-state index in [2.05, 4.69) is 15.6 Å². The van der Waals surface area contributed by atoms with Gasteiger partial charge in [-0.15, -0.1) is 0 Å². The maximum absolute atomic E-state index is 13.0. The number of nitrogens with one attached hydrogen (secondary N) is 2. The lowest BCUT2D eigenvalue weighted by molar-refractivity contribution is 0.627. The molecule has 0 bridgehead atoms. The second-order valence-electron chi connectivity index (χ2n) is 4.09. The van der Waals surface area contributed by atoms with Crippen molar-refractivity contribution >= 4 is 17.6 Å². The summed E-state index contributed by atoms with van der Waals surface area (Å²) in [5, 5.41) is 6.58. The van der Waals surface area contributed by atoms with E-state index in [9.17, 15) is 4.39 Å². The molecule has 17 heavy (non-hydrogen) atoms. The van der Waals surface area contributed by atoms with Crippen LogP contribution in [-0.2, 0) is 6.54 Å². The third-order valence-corrected chi connectivity index (χ3v) is 2.88. The molecule has 3 nitrogen and oxygen atoms in total. The average molecular weight is 256 g/mol. The van der Waals surface area contributed by atoms with Gasteiger partial charge in [0.25, 0.3) is 0 Å². The highest BCUT2D eigenvalue weighted by molar-refractivity contribution is 6.30. The minimum Gasteiger partial charge on any atom is -0.354 e. The minimum absolute atomic E-state index is 0.148. The Morgan fingerprint density at radius 1 is 1.53 bits per heavy atom. The zero-order valence-corrected chi connectivity index (χ0v) is 10.4. The van der Waals surface area contributed by atoms with E-state index >= 15 is 0 Å².